The first kappa shape index (κ1) is 18.2. The summed E-state index contributed by atoms with van der Waals surface area (Å²) in [4.78, 5) is 26.8. The predicted octanol–water partition coefficient (Wildman–Crippen LogP) is 1.62. The van der Waals surface area contributed by atoms with Crippen molar-refractivity contribution < 1.29 is 19.1 Å². The van der Waals surface area contributed by atoms with Crippen molar-refractivity contribution in [1.29, 1.82) is 0 Å². The Morgan fingerprint density at radius 3 is 2.86 bits per heavy atom. The standard InChI is InChI=1S/C20H22N4O4/c1-12-3-4-15-13(2)18(28-17(15)9-12)20(27)23-6-7-24-14(11-23)10-16(22-24)19(26)21-5-8-25/h3-4,9-10,25H,5-8,11H2,1-2H3,(H,21,26). The fourth-order valence-corrected chi connectivity index (χ4v) is 3.49. The van der Waals surface area contributed by atoms with Gasteiger partial charge in [-0.2, -0.15) is 5.10 Å². The molecule has 0 bridgehead atoms. The molecule has 0 fully saturated rings. The maximum atomic E-state index is 13.1. The lowest BCUT2D eigenvalue weighted by Gasteiger charge is -2.27. The van der Waals surface area contributed by atoms with Crippen LogP contribution >= 0.6 is 0 Å². The molecule has 8 nitrogen and oxygen atoms in total. The van der Waals surface area contributed by atoms with Gasteiger partial charge in [0.1, 0.15) is 5.58 Å². The summed E-state index contributed by atoms with van der Waals surface area (Å²) in [6.45, 7) is 5.28. The van der Waals surface area contributed by atoms with Crippen molar-refractivity contribution in [3.63, 3.8) is 0 Å². The number of amides is 2. The number of rotatable bonds is 4. The largest absolute Gasteiger partial charge is 0.451 e. The Labute approximate surface area is 161 Å². The van der Waals surface area contributed by atoms with E-state index in [4.69, 9.17) is 9.52 Å². The molecule has 3 aromatic rings. The van der Waals surface area contributed by atoms with Crippen LogP contribution in [0.3, 0.4) is 0 Å². The summed E-state index contributed by atoms with van der Waals surface area (Å²) in [6.07, 6.45) is 0. The summed E-state index contributed by atoms with van der Waals surface area (Å²) in [5, 5.41) is 16.6. The second kappa shape index (κ2) is 7.12. The topological polar surface area (TPSA) is 101 Å². The van der Waals surface area contributed by atoms with E-state index in [0.717, 1.165) is 22.2 Å². The number of hydrogen-bond acceptors (Lipinski definition) is 5. The molecule has 2 amide bonds. The van der Waals surface area contributed by atoms with Gasteiger partial charge in [0.2, 0.25) is 0 Å². The van der Waals surface area contributed by atoms with Crippen LogP contribution in [0.25, 0.3) is 11.0 Å². The first-order valence-electron chi connectivity index (χ1n) is 9.22. The molecule has 8 heteroatoms. The van der Waals surface area contributed by atoms with Crippen molar-refractivity contribution in [3.05, 3.63) is 52.5 Å². The van der Waals surface area contributed by atoms with Gasteiger partial charge in [-0.3, -0.25) is 14.3 Å². The van der Waals surface area contributed by atoms with Gasteiger partial charge in [-0.25, -0.2) is 0 Å². The molecule has 0 radical (unpaired) electrons. The minimum absolute atomic E-state index is 0.127. The summed E-state index contributed by atoms with van der Waals surface area (Å²) >= 11 is 0. The molecule has 0 aliphatic carbocycles. The number of carbonyl (C=O) groups is 2. The van der Waals surface area contributed by atoms with Crippen LogP contribution in [0.5, 0.6) is 0 Å². The van der Waals surface area contributed by atoms with Crippen molar-refractivity contribution in [1.82, 2.24) is 20.0 Å². The molecular formula is C20H22N4O4. The molecule has 0 saturated heterocycles. The molecule has 3 heterocycles. The van der Waals surface area contributed by atoms with Crippen molar-refractivity contribution >= 4 is 22.8 Å². The van der Waals surface area contributed by atoms with Gasteiger partial charge in [0, 0.05) is 24.0 Å². The Kier molecular flexibility index (Phi) is 4.64. The van der Waals surface area contributed by atoms with Gasteiger partial charge in [-0.15, -0.1) is 0 Å². The van der Waals surface area contributed by atoms with E-state index in [2.05, 4.69) is 10.4 Å². The number of furan rings is 1. The molecule has 0 unspecified atom stereocenters. The van der Waals surface area contributed by atoms with Crippen molar-refractivity contribution in [2.45, 2.75) is 26.9 Å². The fourth-order valence-electron chi connectivity index (χ4n) is 3.49. The van der Waals surface area contributed by atoms with E-state index in [1.807, 2.05) is 32.0 Å². The van der Waals surface area contributed by atoms with E-state index in [-0.39, 0.29) is 30.7 Å². The van der Waals surface area contributed by atoms with E-state index in [1.54, 1.807) is 15.6 Å². The van der Waals surface area contributed by atoms with Crippen molar-refractivity contribution in [2.24, 2.45) is 0 Å². The quantitative estimate of drug-likeness (QED) is 0.714. The molecule has 2 N–H and O–H groups in total. The number of aliphatic hydroxyl groups excluding tert-OH is 1. The monoisotopic (exact) mass is 382 g/mol. The highest BCUT2D eigenvalue weighted by molar-refractivity contribution is 5.99. The number of aliphatic hydroxyl groups is 1. The predicted molar refractivity (Wildman–Crippen MR) is 102 cm³/mol. The number of nitrogens with one attached hydrogen (secondary N) is 1. The average molecular weight is 382 g/mol. The number of aryl methyl sites for hydroxylation is 2. The van der Waals surface area contributed by atoms with E-state index in [1.165, 1.54) is 0 Å². The number of hydrogen-bond donors (Lipinski definition) is 2. The first-order chi connectivity index (χ1) is 13.5. The van der Waals surface area contributed by atoms with Crippen molar-refractivity contribution in [2.75, 3.05) is 19.7 Å². The zero-order valence-electron chi connectivity index (χ0n) is 15.9. The maximum absolute atomic E-state index is 13.1. The Balaban J connectivity index is 1.56. The highest BCUT2D eigenvalue weighted by Crippen LogP contribution is 2.28. The number of nitrogens with zero attached hydrogens (tertiary/aromatic N) is 3. The smallest absolute Gasteiger partial charge is 0.290 e. The second-order valence-electron chi connectivity index (χ2n) is 7.01. The third-order valence-corrected chi connectivity index (χ3v) is 5.00. The first-order valence-corrected chi connectivity index (χ1v) is 9.22. The van der Waals surface area contributed by atoms with Gasteiger partial charge in [0.25, 0.3) is 11.8 Å². The molecule has 0 saturated carbocycles. The van der Waals surface area contributed by atoms with Gasteiger partial charge in [-0.05, 0) is 31.5 Å². The van der Waals surface area contributed by atoms with E-state index in [9.17, 15) is 9.59 Å². The molecule has 0 spiro atoms. The normalized spacial score (nSPS) is 13.6. The average Bonchev–Trinajstić information content (AvgIpc) is 3.26. The minimum atomic E-state index is -0.336. The van der Waals surface area contributed by atoms with Crippen LogP contribution in [0.1, 0.15) is 37.9 Å². The van der Waals surface area contributed by atoms with Crippen LogP contribution in [0, 0.1) is 13.8 Å². The minimum Gasteiger partial charge on any atom is -0.451 e. The molecule has 2 aromatic heterocycles. The second-order valence-corrected chi connectivity index (χ2v) is 7.01. The zero-order valence-corrected chi connectivity index (χ0v) is 15.9. The third kappa shape index (κ3) is 3.16. The molecule has 28 heavy (non-hydrogen) atoms. The lowest BCUT2D eigenvalue weighted by Crippen LogP contribution is -2.38. The van der Waals surface area contributed by atoms with Gasteiger partial charge in [0.15, 0.2) is 11.5 Å². The summed E-state index contributed by atoms with van der Waals surface area (Å²) < 4.78 is 7.61. The number of carbonyl (C=O) groups excluding carboxylic acids is 2. The van der Waals surface area contributed by atoms with Crippen molar-refractivity contribution in [3.8, 4) is 0 Å². The van der Waals surface area contributed by atoms with Crippen LogP contribution in [0.2, 0.25) is 0 Å². The van der Waals surface area contributed by atoms with Crippen LogP contribution in [-0.2, 0) is 13.1 Å². The summed E-state index contributed by atoms with van der Waals surface area (Å²) in [5.41, 5.74) is 3.70. The number of aromatic nitrogens is 2. The summed E-state index contributed by atoms with van der Waals surface area (Å²) in [7, 11) is 0. The van der Waals surface area contributed by atoms with Gasteiger partial charge in [-0.1, -0.05) is 12.1 Å². The van der Waals surface area contributed by atoms with E-state index in [0.29, 0.717) is 31.0 Å². The Morgan fingerprint density at radius 2 is 2.07 bits per heavy atom. The zero-order chi connectivity index (χ0) is 19.8. The molecule has 1 aromatic carbocycles. The molecule has 146 valence electrons. The lowest BCUT2D eigenvalue weighted by molar-refractivity contribution is 0.0674. The molecule has 1 aliphatic rings. The van der Waals surface area contributed by atoms with E-state index < -0.39 is 0 Å². The Morgan fingerprint density at radius 1 is 1.25 bits per heavy atom. The number of fused-ring (bicyclic) bond motifs is 2. The van der Waals surface area contributed by atoms with Gasteiger partial charge >= 0.3 is 0 Å². The third-order valence-electron chi connectivity index (χ3n) is 5.00. The highest BCUT2D eigenvalue weighted by Gasteiger charge is 2.28. The molecule has 1 aliphatic heterocycles. The Hall–Kier alpha value is -3.13. The maximum Gasteiger partial charge on any atom is 0.290 e. The van der Waals surface area contributed by atoms with Gasteiger partial charge in [0.05, 0.1) is 25.4 Å². The summed E-state index contributed by atoms with van der Waals surface area (Å²) in [6, 6.07) is 7.59. The van der Waals surface area contributed by atoms with Crippen LogP contribution in [0.4, 0.5) is 0 Å². The van der Waals surface area contributed by atoms with Crippen LogP contribution < -0.4 is 5.32 Å². The molecule has 4 rings (SSSR count). The Bertz CT molecular complexity index is 1070. The SMILES string of the molecule is Cc1ccc2c(C)c(C(=O)N3CCn4nc(C(=O)NCCO)cc4C3)oc2c1. The highest BCUT2D eigenvalue weighted by atomic mass is 16.3. The molecular weight excluding hydrogens is 360 g/mol. The number of benzene rings is 1. The van der Waals surface area contributed by atoms with Gasteiger partial charge < -0.3 is 19.7 Å². The van der Waals surface area contributed by atoms with E-state index >= 15 is 0 Å². The van der Waals surface area contributed by atoms with Crippen LogP contribution in [-0.4, -0.2) is 51.3 Å². The fraction of sp³-hybridized carbons (Fsp3) is 0.350. The van der Waals surface area contributed by atoms with Crippen LogP contribution in [0.15, 0.2) is 28.7 Å². The summed E-state index contributed by atoms with van der Waals surface area (Å²) in [5.74, 6) is -0.142. The molecule has 0 atom stereocenters. The lowest BCUT2D eigenvalue weighted by atomic mass is 10.1.